The van der Waals surface area contributed by atoms with Crippen LogP contribution in [0.4, 0.5) is 0 Å². The zero-order valence-corrected chi connectivity index (χ0v) is 15.7. The van der Waals surface area contributed by atoms with Gasteiger partial charge in [-0.25, -0.2) is 0 Å². The van der Waals surface area contributed by atoms with Crippen LogP contribution in [0.25, 0.3) is 10.8 Å². The number of benzene rings is 3. The Balaban J connectivity index is 1.71. The van der Waals surface area contributed by atoms with Gasteiger partial charge in [-0.15, -0.1) is 0 Å². The van der Waals surface area contributed by atoms with Gasteiger partial charge in [0.2, 0.25) is 5.91 Å². The lowest BCUT2D eigenvalue weighted by Gasteiger charge is -2.13. The lowest BCUT2D eigenvalue weighted by Crippen LogP contribution is -2.27. The molecule has 1 N–H and O–H groups in total. The number of carbonyl (C=O) groups is 1. The van der Waals surface area contributed by atoms with E-state index in [1.807, 2.05) is 48.5 Å². The first-order valence-corrected chi connectivity index (χ1v) is 9.02. The highest BCUT2D eigenvalue weighted by atomic mass is 79.9. The maximum absolute atomic E-state index is 12.4. The number of halogens is 1. The van der Waals surface area contributed by atoms with Crippen LogP contribution in [0.2, 0.25) is 0 Å². The number of carbonyl (C=O) groups excluding carboxylic acids is 1. The molecule has 25 heavy (non-hydrogen) atoms. The van der Waals surface area contributed by atoms with Crippen LogP contribution in [0.5, 0.6) is 5.75 Å². The second-order valence-corrected chi connectivity index (χ2v) is 6.79. The molecule has 0 saturated carbocycles. The summed E-state index contributed by atoms with van der Waals surface area (Å²) in [5, 5.41) is 5.13. The van der Waals surface area contributed by atoms with Crippen molar-refractivity contribution in [3.63, 3.8) is 0 Å². The zero-order chi connectivity index (χ0) is 17.6. The molecule has 3 rings (SSSR count). The Labute approximate surface area is 156 Å². The topological polar surface area (TPSA) is 38.3 Å². The number of rotatable bonds is 6. The highest BCUT2D eigenvalue weighted by Crippen LogP contribution is 2.30. The number of ether oxygens (including phenoxy) is 1. The molecule has 0 aliphatic carbocycles. The van der Waals surface area contributed by atoms with Crippen LogP contribution in [-0.2, 0) is 17.6 Å². The predicted octanol–water partition coefficient (Wildman–Crippen LogP) is 4.51. The van der Waals surface area contributed by atoms with E-state index in [0.717, 1.165) is 33.0 Å². The van der Waals surface area contributed by atoms with Gasteiger partial charge >= 0.3 is 0 Å². The average Bonchev–Trinajstić information content (AvgIpc) is 2.62. The van der Waals surface area contributed by atoms with E-state index in [-0.39, 0.29) is 5.91 Å². The van der Waals surface area contributed by atoms with E-state index in [0.29, 0.717) is 13.0 Å². The van der Waals surface area contributed by atoms with Crippen LogP contribution in [0.1, 0.15) is 11.1 Å². The second kappa shape index (κ2) is 8.17. The molecule has 0 fully saturated rings. The Hall–Kier alpha value is -2.33. The summed E-state index contributed by atoms with van der Waals surface area (Å²) in [6.45, 7) is 0.626. The van der Waals surface area contributed by atoms with Crippen LogP contribution in [-0.4, -0.2) is 19.6 Å². The lowest BCUT2D eigenvalue weighted by molar-refractivity contribution is -0.120. The first-order valence-electron chi connectivity index (χ1n) is 8.23. The molecule has 3 aromatic rings. The fourth-order valence-electron chi connectivity index (χ4n) is 2.93. The highest BCUT2D eigenvalue weighted by molar-refractivity contribution is 9.10. The first-order chi connectivity index (χ1) is 12.2. The van der Waals surface area contributed by atoms with Gasteiger partial charge in [-0.1, -0.05) is 58.4 Å². The van der Waals surface area contributed by atoms with E-state index in [1.54, 1.807) is 7.11 Å². The Morgan fingerprint density at radius 2 is 1.88 bits per heavy atom. The van der Waals surface area contributed by atoms with Gasteiger partial charge in [0, 0.05) is 16.6 Å². The van der Waals surface area contributed by atoms with Crippen molar-refractivity contribution in [2.24, 2.45) is 0 Å². The van der Waals surface area contributed by atoms with Gasteiger partial charge in [-0.3, -0.25) is 4.79 Å². The molecule has 0 saturated heterocycles. The summed E-state index contributed by atoms with van der Waals surface area (Å²) in [6, 6.07) is 20.1. The van der Waals surface area contributed by atoms with E-state index in [9.17, 15) is 4.79 Å². The number of nitrogens with one attached hydrogen (secondary N) is 1. The van der Waals surface area contributed by atoms with E-state index >= 15 is 0 Å². The molecule has 0 aliphatic heterocycles. The van der Waals surface area contributed by atoms with Crippen molar-refractivity contribution in [1.82, 2.24) is 5.32 Å². The molecule has 3 aromatic carbocycles. The monoisotopic (exact) mass is 397 g/mol. The Bertz CT molecular complexity index is 878. The normalized spacial score (nSPS) is 10.6. The van der Waals surface area contributed by atoms with Gasteiger partial charge in [-0.2, -0.15) is 0 Å². The maximum Gasteiger partial charge on any atom is 0.224 e. The Kier molecular flexibility index (Phi) is 5.71. The predicted molar refractivity (Wildman–Crippen MR) is 105 cm³/mol. The molecule has 0 unspecified atom stereocenters. The molecule has 1 amide bonds. The maximum atomic E-state index is 12.4. The van der Waals surface area contributed by atoms with Gasteiger partial charge in [0.25, 0.3) is 0 Å². The van der Waals surface area contributed by atoms with Crippen molar-refractivity contribution < 1.29 is 9.53 Å². The molecule has 0 radical (unpaired) electrons. The van der Waals surface area contributed by atoms with Crippen molar-refractivity contribution in [2.75, 3.05) is 13.7 Å². The standard InChI is InChI=1S/C21H20BrNO2/c1-25-20-10-7-16-13-17(22)8-9-18(16)19(20)14-21(24)23-12-11-15-5-3-2-4-6-15/h2-10,13H,11-12,14H2,1H3,(H,23,24). The summed E-state index contributed by atoms with van der Waals surface area (Å²) in [5.74, 6) is 0.748. The molecule has 3 nitrogen and oxygen atoms in total. The van der Waals surface area contributed by atoms with Gasteiger partial charge in [0.05, 0.1) is 13.5 Å². The van der Waals surface area contributed by atoms with E-state index < -0.39 is 0 Å². The molecule has 4 heteroatoms. The number of fused-ring (bicyclic) bond motifs is 1. The molecule has 0 spiro atoms. The van der Waals surface area contributed by atoms with Crippen LogP contribution in [0.15, 0.2) is 65.1 Å². The number of hydrogen-bond acceptors (Lipinski definition) is 2. The van der Waals surface area contributed by atoms with Crippen LogP contribution in [0.3, 0.4) is 0 Å². The fraction of sp³-hybridized carbons (Fsp3) is 0.190. The van der Waals surface area contributed by atoms with Gasteiger partial charge < -0.3 is 10.1 Å². The van der Waals surface area contributed by atoms with E-state index in [1.165, 1.54) is 5.56 Å². The largest absolute Gasteiger partial charge is 0.496 e. The summed E-state index contributed by atoms with van der Waals surface area (Å²) in [4.78, 5) is 12.4. The average molecular weight is 398 g/mol. The van der Waals surface area contributed by atoms with E-state index in [2.05, 4.69) is 33.4 Å². The minimum atomic E-state index is 0.00431. The molecule has 0 aliphatic rings. The number of amides is 1. The molecule has 128 valence electrons. The van der Waals surface area contributed by atoms with Gasteiger partial charge in [0.15, 0.2) is 0 Å². The Morgan fingerprint density at radius 1 is 1.08 bits per heavy atom. The van der Waals surface area contributed by atoms with Gasteiger partial charge in [-0.05, 0) is 41.0 Å². The van der Waals surface area contributed by atoms with Crippen molar-refractivity contribution in [2.45, 2.75) is 12.8 Å². The van der Waals surface area contributed by atoms with Crippen LogP contribution >= 0.6 is 15.9 Å². The summed E-state index contributed by atoms with van der Waals surface area (Å²) >= 11 is 3.49. The summed E-state index contributed by atoms with van der Waals surface area (Å²) in [5.41, 5.74) is 2.14. The quantitative estimate of drug-likeness (QED) is 0.664. The second-order valence-electron chi connectivity index (χ2n) is 5.87. The molecule has 0 atom stereocenters. The van der Waals surface area contributed by atoms with Crippen molar-refractivity contribution in [1.29, 1.82) is 0 Å². The molecular formula is C21H20BrNO2. The molecular weight excluding hydrogens is 378 g/mol. The van der Waals surface area contributed by atoms with E-state index in [4.69, 9.17) is 4.74 Å². The minimum Gasteiger partial charge on any atom is -0.496 e. The number of hydrogen-bond donors (Lipinski definition) is 1. The SMILES string of the molecule is COc1ccc2cc(Br)ccc2c1CC(=O)NCCc1ccccc1. The number of methoxy groups -OCH3 is 1. The Morgan fingerprint density at radius 3 is 2.64 bits per heavy atom. The summed E-state index contributed by atoms with van der Waals surface area (Å²) in [6.07, 6.45) is 1.13. The molecule has 0 aromatic heterocycles. The van der Waals surface area contributed by atoms with Crippen LogP contribution in [0, 0.1) is 0 Å². The third-order valence-corrected chi connectivity index (χ3v) is 4.68. The molecule has 0 heterocycles. The van der Waals surface area contributed by atoms with Gasteiger partial charge in [0.1, 0.15) is 5.75 Å². The van der Waals surface area contributed by atoms with Crippen molar-refractivity contribution in [3.05, 3.63) is 76.3 Å². The molecule has 0 bridgehead atoms. The van der Waals surface area contributed by atoms with Crippen molar-refractivity contribution >= 4 is 32.6 Å². The third kappa shape index (κ3) is 4.40. The fourth-order valence-corrected chi connectivity index (χ4v) is 3.31. The minimum absolute atomic E-state index is 0.00431. The summed E-state index contributed by atoms with van der Waals surface area (Å²) in [7, 11) is 1.64. The van der Waals surface area contributed by atoms with Crippen LogP contribution < -0.4 is 10.1 Å². The smallest absolute Gasteiger partial charge is 0.224 e. The highest BCUT2D eigenvalue weighted by Gasteiger charge is 2.13. The van der Waals surface area contributed by atoms with Crippen molar-refractivity contribution in [3.8, 4) is 5.75 Å². The summed E-state index contributed by atoms with van der Waals surface area (Å²) < 4.78 is 6.48. The third-order valence-electron chi connectivity index (χ3n) is 4.19. The lowest BCUT2D eigenvalue weighted by atomic mass is 10.0. The first kappa shape index (κ1) is 17.5. The zero-order valence-electron chi connectivity index (χ0n) is 14.1.